The Morgan fingerprint density at radius 1 is 1.14 bits per heavy atom. The molecular formula is C25H30N4O4S2. The monoisotopic (exact) mass is 514 g/mol. The number of ether oxygens (including phenoxy) is 2. The van der Waals surface area contributed by atoms with Crippen LogP contribution in [0.3, 0.4) is 0 Å². The minimum Gasteiger partial charge on any atom is -0.493 e. The molecule has 1 aliphatic carbocycles. The Labute approximate surface area is 213 Å². The van der Waals surface area contributed by atoms with E-state index in [0.717, 1.165) is 49.0 Å². The van der Waals surface area contributed by atoms with Crippen molar-refractivity contribution >= 4 is 40.0 Å². The molecule has 1 amide bonds. The van der Waals surface area contributed by atoms with Gasteiger partial charge >= 0.3 is 5.97 Å². The Hall–Kier alpha value is -2.85. The summed E-state index contributed by atoms with van der Waals surface area (Å²) in [6.07, 6.45) is 6.25. The molecule has 0 aliphatic heterocycles. The maximum absolute atomic E-state index is 12.9. The van der Waals surface area contributed by atoms with Gasteiger partial charge in [0.2, 0.25) is 5.91 Å². The van der Waals surface area contributed by atoms with Crippen molar-refractivity contribution in [3.63, 3.8) is 0 Å². The fourth-order valence-electron chi connectivity index (χ4n) is 4.23. The van der Waals surface area contributed by atoms with Crippen molar-refractivity contribution in [3.05, 3.63) is 40.3 Å². The second-order valence-electron chi connectivity index (χ2n) is 8.24. The van der Waals surface area contributed by atoms with Crippen LogP contribution in [0.4, 0.5) is 5.00 Å². The third-order valence-corrected chi connectivity index (χ3v) is 8.14. The molecule has 1 aliphatic rings. The lowest BCUT2D eigenvalue weighted by atomic mass is 9.96. The van der Waals surface area contributed by atoms with Gasteiger partial charge in [0.25, 0.3) is 0 Å². The van der Waals surface area contributed by atoms with Crippen molar-refractivity contribution in [2.75, 3.05) is 24.8 Å². The lowest BCUT2D eigenvalue weighted by Gasteiger charge is -2.11. The van der Waals surface area contributed by atoms with Crippen LogP contribution in [0.1, 0.15) is 53.4 Å². The molecule has 0 bridgehead atoms. The number of carbonyl (C=O) groups excluding carboxylic acids is 2. The number of thioether (sulfide) groups is 1. The summed E-state index contributed by atoms with van der Waals surface area (Å²) in [5.41, 5.74) is 2.40. The number of nitrogens with one attached hydrogen (secondary N) is 1. The van der Waals surface area contributed by atoms with Crippen molar-refractivity contribution in [2.45, 2.75) is 50.6 Å². The summed E-state index contributed by atoms with van der Waals surface area (Å²) in [6.45, 7) is 2.49. The van der Waals surface area contributed by atoms with Gasteiger partial charge in [0.05, 0.1) is 30.6 Å². The van der Waals surface area contributed by atoms with Gasteiger partial charge < -0.3 is 19.4 Å². The molecule has 1 aromatic carbocycles. The number of hydrogen-bond donors (Lipinski definition) is 1. The van der Waals surface area contributed by atoms with Crippen LogP contribution < -0.4 is 10.1 Å². The van der Waals surface area contributed by atoms with Gasteiger partial charge in [-0.15, -0.1) is 21.5 Å². The fraction of sp³-hybridized carbons (Fsp3) is 0.440. The lowest BCUT2D eigenvalue weighted by molar-refractivity contribution is -0.113. The molecule has 2 aromatic heterocycles. The predicted molar refractivity (Wildman–Crippen MR) is 138 cm³/mol. The first-order valence-electron chi connectivity index (χ1n) is 11.8. The topological polar surface area (TPSA) is 95.3 Å². The summed E-state index contributed by atoms with van der Waals surface area (Å²) < 4.78 is 12.6. The number of methoxy groups -OCH3 is 1. The van der Waals surface area contributed by atoms with E-state index in [1.165, 1.54) is 41.5 Å². The third kappa shape index (κ3) is 5.70. The van der Waals surface area contributed by atoms with Crippen molar-refractivity contribution < 1.29 is 19.1 Å². The normalized spacial score (nSPS) is 13.5. The molecule has 1 N–H and O–H groups in total. The van der Waals surface area contributed by atoms with E-state index in [2.05, 4.69) is 15.5 Å². The van der Waals surface area contributed by atoms with Crippen LogP contribution in [0.2, 0.25) is 0 Å². The summed E-state index contributed by atoms with van der Waals surface area (Å²) in [7, 11) is 3.25. The van der Waals surface area contributed by atoms with Crippen LogP contribution in [0.5, 0.6) is 5.75 Å². The number of carbonyl (C=O) groups is 2. The van der Waals surface area contributed by atoms with Gasteiger partial charge in [-0.2, -0.15) is 0 Å². The maximum Gasteiger partial charge on any atom is 0.341 e. The Morgan fingerprint density at radius 3 is 2.69 bits per heavy atom. The standard InChI is InChI=1S/C25H30N4O4S2/c1-4-33-18-13-10-9-11-16(18)22-27-28-25(29(22)2)34-15-20(30)26-23-21(24(31)32-3)17-12-7-5-6-8-14-19(17)35-23/h9-11,13H,4-8,12,14-15H2,1-3H3,(H,26,30). The molecule has 0 saturated carbocycles. The molecule has 2 heterocycles. The quantitative estimate of drug-likeness (QED) is 0.329. The zero-order valence-corrected chi connectivity index (χ0v) is 21.9. The first-order valence-corrected chi connectivity index (χ1v) is 13.6. The summed E-state index contributed by atoms with van der Waals surface area (Å²) in [6, 6.07) is 7.68. The second-order valence-corrected chi connectivity index (χ2v) is 10.3. The number of esters is 1. The van der Waals surface area contributed by atoms with Crippen LogP contribution in [-0.2, 0) is 29.4 Å². The van der Waals surface area contributed by atoms with Crippen LogP contribution in [0, 0.1) is 0 Å². The summed E-state index contributed by atoms with van der Waals surface area (Å²) in [4.78, 5) is 26.6. The molecule has 0 spiro atoms. The predicted octanol–water partition coefficient (Wildman–Crippen LogP) is 5.12. The highest BCUT2D eigenvalue weighted by atomic mass is 32.2. The van der Waals surface area contributed by atoms with Crippen molar-refractivity contribution in [1.29, 1.82) is 0 Å². The highest BCUT2D eigenvalue weighted by Crippen LogP contribution is 2.38. The Bertz CT molecular complexity index is 1200. The van der Waals surface area contributed by atoms with Gasteiger partial charge in [0, 0.05) is 11.9 Å². The molecule has 4 rings (SSSR count). The van der Waals surface area contributed by atoms with E-state index in [0.29, 0.717) is 28.2 Å². The maximum atomic E-state index is 12.9. The van der Waals surface area contributed by atoms with E-state index in [4.69, 9.17) is 9.47 Å². The first kappa shape index (κ1) is 25.2. The molecule has 35 heavy (non-hydrogen) atoms. The molecule has 10 heteroatoms. The number of fused-ring (bicyclic) bond motifs is 1. The van der Waals surface area contributed by atoms with Crippen LogP contribution >= 0.6 is 23.1 Å². The van der Waals surface area contributed by atoms with Gasteiger partial charge in [0.1, 0.15) is 10.8 Å². The van der Waals surface area contributed by atoms with E-state index in [1.54, 1.807) is 0 Å². The number of hydrogen-bond acceptors (Lipinski definition) is 8. The highest BCUT2D eigenvalue weighted by molar-refractivity contribution is 7.99. The van der Waals surface area contributed by atoms with E-state index >= 15 is 0 Å². The summed E-state index contributed by atoms with van der Waals surface area (Å²) in [5.74, 6) is 0.958. The van der Waals surface area contributed by atoms with Crippen LogP contribution in [-0.4, -0.2) is 46.1 Å². The van der Waals surface area contributed by atoms with Gasteiger partial charge in [-0.1, -0.05) is 36.7 Å². The molecule has 186 valence electrons. The van der Waals surface area contributed by atoms with Crippen LogP contribution in [0.15, 0.2) is 29.4 Å². The van der Waals surface area contributed by atoms with Crippen molar-refractivity contribution in [1.82, 2.24) is 14.8 Å². The van der Waals surface area contributed by atoms with E-state index in [1.807, 2.05) is 42.8 Å². The molecule has 8 nitrogen and oxygen atoms in total. The smallest absolute Gasteiger partial charge is 0.341 e. The Morgan fingerprint density at radius 2 is 1.91 bits per heavy atom. The van der Waals surface area contributed by atoms with Gasteiger partial charge in [-0.05, 0) is 50.3 Å². The number of para-hydroxylation sites is 1. The highest BCUT2D eigenvalue weighted by Gasteiger charge is 2.26. The van der Waals surface area contributed by atoms with Gasteiger partial charge in [-0.3, -0.25) is 4.79 Å². The number of aromatic nitrogens is 3. The molecular weight excluding hydrogens is 484 g/mol. The second kappa shape index (κ2) is 11.7. The minimum absolute atomic E-state index is 0.141. The Balaban J connectivity index is 1.48. The molecule has 3 aromatic rings. The summed E-state index contributed by atoms with van der Waals surface area (Å²) >= 11 is 2.80. The number of benzene rings is 1. The number of nitrogens with zero attached hydrogens (tertiary/aromatic N) is 3. The lowest BCUT2D eigenvalue weighted by Crippen LogP contribution is -2.16. The van der Waals surface area contributed by atoms with E-state index in [-0.39, 0.29) is 11.7 Å². The number of aryl methyl sites for hydroxylation is 1. The SMILES string of the molecule is CCOc1ccccc1-c1nnc(SCC(=O)Nc2sc3c(c2C(=O)OC)CCCCCC3)n1C. The molecule has 0 atom stereocenters. The number of amides is 1. The van der Waals surface area contributed by atoms with Gasteiger partial charge in [0.15, 0.2) is 11.0 Å². The van der Waals surface area contributed by atoms with E-state index in [9.17, 15) is 9.59 Å². The summed E-state index contributed by atoms with van der Waals surface area (Å²) in [5, 5.41) is 12.8. The third-order valence-electron chi connectivity index (χ3n) is 5.91. The number of anilines is 1. The molecule has 0 fully saturated rings. The first-order chi connectivity index (χ1) is 17.0. The zero-order valence-electron chi connectivity index (χ0n) is 20.3. The van der Waals surface area contributed by atoms with Crippen molar-refractivity contribution in [2.24, 2.45) is 7.05 Å². The van der Waals surface area contributed by atoms with Crippen LogP contribution in [0.25, 0.3) is 11.4 Å². The fourth-order valence-corrected chi connectivity index (χ4v) is 6.23. The van der Waals surface area contributed by atoms with Gasteiger partial charge in [-0.25, -0.2) is 4.79 Å². The van der Waals surface area contributed by atoms with Crippen molar-refractivity contribution in [3.8, 4) is 17.1 Å². The zero-order chi connectivity index (χ0) is 24.8. The average Bonchev–Trinajstić information content (AvgIpc) is 3.37. The number of rotatable bonds is 8. The average molecular weight is 515 g/mol. The number of thiophene rings is 1. The molecule has 0 radical (unpaired) electrons. The molecule has 0 saturated heterocycles. The largest absolute Gasteiger partial charge is 0.493 e. The van der Waals surface area contributed by atoms with E-state index < -0.39 is 5.97 Å². The Kier molecular flexibility index (Phi) is 8.46. The minimum atomic E-state index is -0.392. The molecule has 0 unspecified atom stereocenters.